The lowest BCUT2D eigenvalue weighted by molar-refractivity contribution is -0.359. The van der Waals surface area contributed by atoms with Crippen LogP contribution in [0.25, 0.3) is 0 Å². The van der Waals surface area contributed by atoms with Gasteiger partial charge in [0.1, 0.15) is 48.8 Å². The SMILES string of the molecule is CCCCCCCCCCCCCCCCCCCCCCCCCCCCCCCCCC(O)C(COC1OC(CO)C(OC2OC(CO)C(O)C(O)C2O)C(O)C1O)NC(=O)CCCCCCC. The number of hydrogen-bond acceptors (Lipinski definition) is 13. The molecule has 2 fully saturated rings. The van der Waals surface area contributed by atoms with Gasteiger partial charge in [-0.25, -0.2) is 0 Å². The first-order valence-corrected chi connectivity index (χ1v) is 29.3. The van der Waals surface area contributed by atoms with Gasteiger partial charge in [0.2, 0.25) is 5.91 Å². The molecule has 0 radical (unpaired) electrons. The van der Waals surface area contributed by atoms with Crippen LogP contribution in [0.15, 0.2) is 0 Å². The fraction of sp³-hybridized carbons (Fsp3) is 0.982. The van der Waals surface area contributed by atoms with E-state index in [1.807, 2.05) is 0 Å². The van der Waals surface area contributed by atoms with Crippen LogP contribution in [0.5, 0.6) is 0 Å². The molecule has 2 saturated heterocycles. The van der Waals surface area contributed by atoms with E-state index in [0.717, 1.165) is 57.8 Å². The molecule has 14 heteroatoms. The number of hydrogen-bond donors (Lipinski definition) is 9. The topological polar surface area (TPSA) is 228 Å². The maximum atomic E-state index is 13.0. The monoisotopic (exact) mass is 1000 g/mol. The number of rotatable bonds is 47. The third kappa shape index (κ3) is 29.2. The van der Waals surface area contributed by atoms with Gasteiger partial charge >= 0.3 is 0 Å². The molecule has 12 unspecified atom stereocenters. The van der Waals surface area contributed by atoms with Crippen molar-refractivity contribution in [3.05, 3.63) is 0 Å². The molecular weight excluding hydrogens is 895 g/mol. The molecule has 0 bridgehead atoms. The van der Waals surface area contributed by atoms with Crippen molar-refractivity contribution >= 4 is 5.91 Å². The Morgan fingerprint density at radius 3 is 1.21 bits per heavy atom. The van der Waals surface area contributed by atoms with E-state index in [1.54, 1.807) is 0 Å². The van der Waals surface area contributed by atoms with Crippen molar-refractivity contribution in [3.8, 4) is 0 Å². The zero-order valence-corrected chi connectivity index (χ0v) is 44.5. The highest BCUT2D eigenvalue weighted by molar-refractivity contribution is 5.76. The largest absolute Gasteiger partial charge is 0.394 e. The molecule has 0 aliphatic carbocycles. The summed E-state index contributed by atoms with van der Waals surface area (Å²) < 4.78 is 22.7. The quantitative estimate of drug-likeness (QED) is 0.0259. The number of nitrogens with one attached hydrogen (secondary N) is 1. The van der Waals surface area contributed by atoms with E-state index in [0.29, 0.717) is 12.8 Å². The molecule has 0 saturated carbocycles. The summed E-state index contributed by atoms with van der Waals surface area (Å²) in [5, 5.41) is 86.7. The van der Waals surface area contributed by atoms with E-state index in [4.69, 9.17) is 18.9 Å². The second kappa shape index (κ2) is 43.3. The first-order valence-electron chi connectivity index (χ1n) is 29.3. The van der Waals surface area contributed by atoms with Gasteiger partial charge in [-0.15, -0.1) is 0 Å². The van der Waals surface area contributed by atoms with Crippen LogP contribution in [0.4, 0.5) is 0 Å². The molecular formula is C56H109NO13. The van der Waals surface area contributed by atoms with Gasteiger partial charge in [0.15, 0.2) is 12.6 Å². The van der Waals surface area contributed by atoms with Gasteiger partial charge in [-0.1, -0.05) is 239 Å². The van der Waals surface area contributed by atoms with Crippen LogP contribution in [0.1, 0.15) is 258 Å². The van der Waals surface area contributed by atoms with Crippen molar-refractivity contribution < 1.29 is 64.6 Å². The number of amides is 1. The molecule has 70 heavy (non-hydrogen) atoms. The van der Waals surface area contributed by atoms with Gasteiger partial charge in [-0.3, -0.25) is 4.79 Å². The number of ether oxygens (including phenoxy) is 4. The highest BCUT2D eigenvalue weighted by Crippen LogP contribution is 2.30. The van der Waals surface area contributed by atoms with Crippen LogP contribution >= 0.6 is 0 Å². The summed E-state index contributed by atoms with van der Waals surface area (Å²) >= 11 is 0. The van der Waals surface area contributed by atoms with Crippen molar-refractivity contribution in [1.82, 2.24) is 5.32 Å². The van der Waals surface area contributed by atoms with E-state index >= 15 is 0 Å². The Kier molecular flexibility index (Phi) is 40.2. The van der Waals surface area contributed by atoms with E-state index < -0.39 is 86.8 Å². The van der Waals surface area contributed by atoms with Crippen molar-refractivity contribution in [2.24, 2.45) is 0 Å². The van der Waals surface area contributed by atoms with Crippen LogP contribution in [0, 0.1) is 0 Å². The molecule has 0 spiro atoms. The summed E-state index contributed by atoms with van der Waals surface area (Å²) in [6, 6.07) is -0.819. The second-order valence-electron chi connectivity index (χ2n) is 21.1. The molecule has 0 aromatic heterocycles. The summed E-state index contributed by atoms with van der Waals surface area (Å²) in [5.74, 6) is -0.216. The van der Waals surface area contributed by atoms with Gasteiger partial charge in [-0.2, -0.15) is 0 Å². The lowest BCUT2D eigenvalue weighted by atomic mass is 9.97. The summed E-state index contributed by atoms with van der Waals surface area (Å²) in [4.78, 5) is 13.0. The molecule has 14 nitrogen and oxygen atoms in total. The van der Waals surface area contributed by atoms with Crippen LogP contribution in [0.3, 0.4) is 0 Å². The van der Waals surface area contributed by atoms with Crippen LogP contribution in [0.2, 0.25) is 0 Å². The molecule has 0 aromatic rings. The number of unbranched alkanes of at least 4 members (excludes halogenated alkanes) is 34. The molecule has 2 aliphatic heterocycles. The van der Waals surface area contributed by atoms with Gasteiger partial charge in [0, 0.05) is 6.42 Å². The Labute approximate surface area is 425 Å². The number of carbonyl (C=O) groups is 1. The molecule has 12 atom stereocenters. The first-order chi connectivity index (χ1) is 34.1. The minimum absolute atomic E-state index is 0.216. The Morgan fingerprint density at radius 1 is 0.457 bits per heavy atom. The maximum Gasteiger partial charge on any atom is 0.220 e. The smallest absolute Gasteiger partial charge is 0.220 e. The molecule has 416 valence electrons. The van der Waals surface area contributed by atoms with Gasteiger partial charge in [-0.05, 0) is 12.8 Å². The van der Waals surface area contributed by atoms with Crippen molar-refractivity contribution in [2.75, 3.05) is 19.8 Å². The van der Waals surface area contributed by atoms with Crippen LogP contribution in [-0.4, -0.2) is 140 Å². The van der Waals surface area contributed by atoms with Gasteiger partial charge < -0.3 is 65.1 Å². The summed E-state index contributed by atoms with van der Waals surface area (Å²) in [6.45, 7) is 2.78. The van der Waals surface area contributed by atoms with E-state index in [2.05, 4.69) is 19.2 Å². The number of aliphatic hydroxyl groups excluding tert-OH is 8. The van der Waals surface area contributed by atoms with Gasteiger partial charge in [0.05, 0.1) is 32.0 Å². The Balaban J connectivity index is 1.56. The predicted molar refractivity (Wildman–Crippen MR) is 277 cm³/mol. The lowest BCUT2D eigenvalue weighted by Crippen LogP contribution is -2.65. The zero-order chi connectivity index (χ0) is 51.0. The van der Waals surface area contributed by atoms with Crippen molar-refractivity contribution in [2.45, 2.75) is 331 Å². The summed E-state index contributed by atoms with van der Waals surface area (Å²) in [5.41, 5.74) is 0. The fourth-order valence-electron chi connectivity index (χ4n) is 10.1. The van der Waals surface area contributed by atoms with Crippen molar-refractivity contribution in [3.63, 3.8) is 0 Å². The molecule has 2 heterocycles. The third-order valence-electron chi connectivity index (χ3n) is 14.8. The van der Waals surface area contributed by atoms with E-state index in [-0.39, 0.29) is 12.5 Å². The van der Waals surface area contributed by atoms with Crippen molar-refractivity contribution in [1.29, 1.82) is 0 Å². The molecule has 2 aliphatic rings. The van der Waals surface area contributed by atoms with E-state index in [9.17, 15) is 45.6 Å². The third-order valence-corrected chi connectivity index (χ3v) is 14.8. The normalized spacial score (nSPS) is 25.9. The minimum Gasteiger partial charge on any atom is -0.394 e. The average Bonchev–Trinajstić information content (AvgIpc) is 3.36. The maximum absolute atomic E-state index is 13.0. The Morgan fingerprint density at radius 2 is 0.814 bits per heavy atom. The molecule has 9 N–H and O–H groups in total. The first kappa shape index (κ1) is 65.1. The van der Waals surface area contributed by atoms with Crippen LogP contribution < -0.4 is 5.32 Å². The van der Waals surface area contributed by atoms with Crippen LogP contribution in [-0.2, 0) is 23.7 Å². The minimum atomic E-state index is -1.78. The Hall–Kier alpha value is -1.01. The molecule has 2 rings (SSSR count). The predicted octanol–water partition coefficient (Wildman–Crippen LogP) is 9.34. The summed E-state index contributed by atoms with van der Waals surface area (Å²) in [7, 11) is 0. The molecule has 1 amide bonds. The highest BCUT2D eigenvalue weighted by Gasteiger charge is 2.51. The average molecular weight is 1000 g/mol. The van der Waals surface area contributed by atoms with Gasteiger partial charge in [0.25, 0.3) is 0 Å². The fourth-order valence-corrected chi connectivity index (χ4v) is 10.1. The Bertz CT molecular complexity index is 1180. The van der Waals surface area contributed by atoms with E-state index in [1.165, 1.54) is 173 Å². The summed E-state index contributed by atoms with van der Waals surface area (Å²) in [6.07, 6.45) is 30.6. The lowest BCUT2D eigenvalue weighted by Gasteiger charge is -2.46. The number of aliphatic hydroxyl groups is 8. The molecule has 0 aromatic carbocycles. The second-order valence-corrected chi connectivity index (χ2v) is 21.1. The number of carbonyl (C=O) groups excluding carboxylic acids is 1. The highest BCUT2D eigenvalue weighted by atomic mass is 16.7. The zero-order valence-electron chi connectivity index (χ0n) is 44.5. The standard InChI is InChI=1S/C56H109NO13/c1-3-5-7-9-10-11-12-13-14-15-16-17-18-19-20-21-22-23-24-25-26-27-28-29-30-31-32-33-34-36-37-39-45(60)44(57-48(61)40-38-35-8-6-4-2)43-67-55-53(66)51(64)54(47(42-59)69-55)70-56-52(65)50(63)49(62)46(41-58)68-56/h44-47,49-56,58-60,62-66H,3-43H2,1-2H3,(H,57,61).